The number of anilines is 1. The van der Waals surface area contributed by atoms with E-state index in [1.807, 2.05) is 30.3 Å². The molecule has 16 heavy (non-hydrogen) atoms. The summed E-state index contributed by atoms with van der Waals surface area (Å²) >= 11 is 0. The normalized spacial score (nSPS) is 10.1. The topological polar surface area (TPSA) is 50.7 Å². The van der Waals surface area contributed by atoms with Crippen molar-refractivity contribution in [3.8, 4) is 5.75 Å². The average Bonchev–Trinajstić information content (AvgIpc) is 2.36. The lowest BCUT2D eigenvalue weighted by Crippen LogP contribution is -1.89. The summed E-state index contributed by atoms with van der Waals surface area (Å²) in [6.07, 6.45) is 0. The molecular formula is C12H12N2O2. The molecule has 2 aromatic carbocycles. The van der Waals surface area contributed by atoms with Gasteiger partial charge < -0.3 is 10.1 Å². The van der Waals surface area contributed by atoms with Gasteiger partial charge in [0.1, 0.15) is 11.4 Å². The number of nitrogens with one attached hydrogen (secondary N) is 1. The van der Waals surface area contributed by atoms with Gasteiger partial charge >= 0.3 is 0 Å². The maximum absolute atomic E-state index is 10.9. The molecule has 0 aliphatic rings. The lowest BCUT2D eigenvalue weighted by molar-refractivity contribution is 0.415. The predicted octanol–water partition coefficient (Wildman–Crippen LogP) is 3.29. The third-order valence-corrected chi connectivity index (χ3v) is 2.56. The van der Waals surface area contributed by atoms with Crippen LogP contribution in [0.5, 0.6) is 5.75 Å². The van der Waals surface area contributed by atoms with Gasteiger partial charge in [-0.15, -0.1) is 4.91 Å². The molecule has 4 nitrogen and oxygen atoms in total. The zero-order chi connectivity index (χ0) is 11.5. The molecule has 0 bridgehead atoms. The standard InChI is InChI=1S/C12H12N2O2/c1-13-11-6-4-8-3-5-9(16-2)7-10(8)12(11)14-15/h3-7,13H,1-2H3. The van der Waals surface area contributed by atoms with Crippen LogP contribution in [0.15, 0.2) is 35.5 Å². The highest BCUT2D eigenvalue weighted by Crippen LogP contribution is 2.35. The molecule has 2 rings (SSSR count). The second kappa shape index (κ2) is 4.18. The lowest BCUT2D eigenvalue weighted by Gasteiger charge is -2.07. The van der Waals surface area contributed by atoms with Crippen molar-refractivity contribution in [1.29, 1.82) is 0 Å². The van der Waals surface area contributed by atoms with Crippen LogP contribution in [0, 0.1) is 4.91 Å². The molecule has 0 spiro atoms. The third kappa shape index (κ3) is 1.58. The predicted molar refractivity (Wildman–Crippen MR) is 65.5 cm³/mol. The fraction of sp³-hybridized carbons (Fsp3) is 0.167. The average molecular weight is 216 g/mol. The van der Waals surface area contributed by atoms with Crippen LogP contribution in [0.3, 0.4) is 0 Å². The second-order valence-electron chi connectivity index (χ2n) is 3.39. The summed E-state index contributed by atoms with van der Waals surface area (Å²) in [5, 5.41) is 7.78. The fourth-order valence-electron chi connectivity index (χ4n) is 1.71. The van der Waals surface area contributed by atoms with Crippen LogP contribution in [0.2, 0.25) is 0 Å². The van der Waals surface area contributed by atoms with Crippen LogP contribution < -0.4 is 10.1 Å². The second-order valence-corrected chi connectivity index (χ2v) is 3.39. The van der Waals surface area contributed by atoms with Gasteiger partial charge in [-0.1, -0.05) is 12.1 Å². The molecule has 4 heteroatoms. The Kier molecular flexibility index (Phi) is 2.72. The van der Waals surface area contributed by atoms with Gasteiger partial charge in [0.05, 0.1) is 12.8 Å². The van der Waals surface area contributed by atoms with Gasteiger partial charge in [-0.3, -0.25) is 0 Å². The molecule has 0 radical (unpaired) electrons. The van der Waals surface area contributed by atoms with E-state index in [0.717, 1.165) is 16.5 Å². The monoisotopic (exact) mass is 216 g/mol. The van der Waals surface area contributed by atoms with E-state index in [1.165, 1.54) is 0 Å². The van der Waals surface area contributed by atoms with Crippen molar-refractivity contribution in [2.24, 2.45) is 5.18 Å². The summed E-state index contributed by atoms with van der Waals surface area (Å²) in [5.74, 6) is 0.714. The summed E-state index contributed by atoms with van der Waals surface area (Å²) in [4.78, 5) is 10.9. The van der Waals surface area contributed by atoms with Gasteiger partial charge in [-0.05, 0) is 28.8 Å². The molecule has 0 aliphatic heterocycles. The quantitative estimate of drug-likeness (QED) is 0.801. The van der Waals surface area contributed by atoms with Gasteiger partial charge in [0, 0.05) is 12.4 Å². The van der Waals surface area contributed by atoms with Crippen LogP contribution in [-0.2, 0) is 0 Å². The number of hydrogen-bond acceptors (Lipinski definition) is 4. The largest absolute Gasteiger partial charge is 0.497 e. The number of hydrogen-bond donors (Lipinski definition) is 1. The summed E-state index contributed by atoms with van der Waals surface area (Å²) < 4.78 is 5.13. The van der Waals surface area contributed by atoms with E-state index in [0.29, 0.717) is 11.4 Å². The van der Waals surface area contributed by atoms with Crippen LogP contribution in [0.4, 0.5) is 11.4 Å². The number of nitrogens with zero attached hydrogens (tertiary/aromatic N) is 1. The minimum Gasteiger partial charge on any atom is -0.497 e. The number of methoxy groups -OCH3 is 1. The Morgan fingerprint density at radius 3 is 2.62 bits per heavy atom. The van der Waals surface area contributed by atoms with Crippen LogP contribution >= 0.6 is 0 Å². The van der Waals surface area contributed by atoms with Crippen molar-refractivity contribution < 1.29 is 4.74 Å². The number of rotatable bonds is 3. The highest BCUT2D eigenvalue weighted by Gasteiger charge is 2.08. The molecule has 0 fully saturated rings. The molecule has 0 heterocycles. The molecule has 82 valence electrons. The van der Waals surface area contributed by atoms with E-state index in [-0.39, 0.29) is 0 Å². The first kappa shape index (κ1) is 10.4. The maximum atomic E-state index is 10.9. The first-order chi connectivity index (χ1) is 7.80. The van der Waals surface area contributed by atoms with E-state index in [1.54, 1.807) is 14.2 Å². The van der Waals surface area contributed by atoms with Crippen molar-refractivity contribution in [2.45, 2.75) is 0 Å². The fourth-order valence-corrected chi connectivity index (χ4v) is 1.71. The van der Waals surface area contributed by atoms with Crippen LogP contribution in [-0.4, -0.2) is 14.2 Å². The zero-order valence-electron chi connectivity index (χ0n) is 9.15. The van der Waals surface area contributed by atoms with Crippen LogP contribution in [0.25, 0.3) is 10.8 Å². The zero-order valence-corrected chi connectivity index (χ0v) is 9.15. The third-order valence-electron chi connectivity index (χ3n) is 2.56. The number of nitroso groups, excluding NO2 is 1. The number of benzene rings is 2. The van der Waals surface area contributed by atoms with Gasteiger partial charge in [0.2, 0.25) is 0 Å². The highest BCUT2D eigenvalue weighted by atomic mass is 16.5. The van der Waals surface area contributed by atoms with Gasteiger partial charge in [-0.2, -0.15) is 0 Å². The molecule has 0 amide bonds. The lowest BCUT2D eigenvalue weighted by atomic mass is 10.1. The minimum atomic E-state index is 0.416. The molecule has 0 atom stereocenters. The van der Waals surface area contributed by atoms with Crippen molar-refractivity contribution in [2.75, 3.05) is 19.5 Å². The molecule has 0 aromatic heterocycles. The van der Waals surface area contributed by atoms with Gasteiger partial charge in [0.15, 0.2) is 0 Å². The summed E-state index contributed by atoms with van der Waals surface area (Å²) in [7, 11) is 3.35. The SMILES string of the molecule is CNc1ccc2ccc(OC)cc2c1N=O. The first-order valence-electron chi connectivity index (χ1n) is 4.92. The van der Waals surface area contributed by atoms with Crippen molar-refractivity contribution in [1.82, 2.24) is 0 Å². The van der Waals surface area contributed by atoms with Gasteiger partial charge in [0.25, 0.3) is 0 Å². The van der Waals surface area contributed by atoms with E-state index in [2.05, 4.69) is 10.5 Å². The molecule has 2 aromatic rings. The van der Waals surface area contributed by atoms with Crippen LogP contribution in [0.1, 0.15) is 0 Å². The van der Waals surface area contributed by atoms with Gasteiger partial charge in [-0.25, -0.2) is 0 Å². The first-order valence-corrected chi connectivity index (χ1v) is 4.92. The smallest absolute Gasteiger partial charge is 0.139 e. The van der Waals surface area contributed by atoms with Crippen molar-refractivity contribution >= 4 is 22.1 Å². The highest BCUT2D eigenvalue weighted by molar-refractivity contribution is 5.99. The molecule has 0 saturated carbocycles. The Balaban J connectivity index is 2.78. The Bertz CT molecular complexity index is 533. The molecule has 0 unspecified atom stereocenters. The number of fused-ring (bicyclic) bond motifs is 1. The Morgan fingerprint density at radius 2 is 2.00 bits per heavy atom. The Morgan fingerprint density at radius 1 is 1.25 bits per heavy atom. The molecular weight excluding hydrogens is 204 g/mol. The van der Waals surface area contributed by atoms with Crippen molar-refractivity contribution in [3.05, 3.63) is 35.2 Å². The minimum absolute atomic E-state index is 0.416. The summed E-state index contributed by atoms with van der Waals surface area (Å²) in [6.45, 7) is 0. The maximum Gasteiger partial charge on any atom is 0.139 e. The van der Waals surface area contributed by atoms with E-state index >= 15 is 0 Å². The van der Waals surface area contributed by atoms with E-state index in [4.69, 9.17) is 4.74 Å². The Labute approximate surface area is 93.2 Å². The number of ether oxygens (including phenoxy) is 1. The van der Waals surface area contributed by atoms with E-state index < -0.39 is 0 Å². The summed E-state index contributed by atoms with van der Waals surface area (Å²) in [6, 6.07) is 9.35. The molecule has 1 N–H and O–H groups in total. The molecule has 0 saturated heterocycles. The molecule has 0 aliphatic carbocycles. The van der Waals surface area contributed by atoms with Crippen molar-refractivity contribution in [3.63, 3.8) is 0 Å². The summed E-state index contributed by atoms with van der Waals surface area (Å²) in [5.41, 5.74) is 1.13. The Hall–Kier alpha value is -2.10. The van der Waals surface area contributed by atoms with E-state index in [9.17, 15) is 4.91 Å².